The predicted octanol–water partition coefficient (Wildman–Crippen LogP) is 1.24. The fourth-order valence-electron chi connectivity index (χ4n) is 1.08. The van der Waals surface area contributed by atoms with E-state index in [9.17, 15) is 0 Å². The van der Waals surface area contributed by atoms with Crippen LogP contribution in [0.4, 0.5) is 5.82 Å². The summed E-state index contributed by atoms with van der Waals surface area (Å²) in [5.41, 5.74) is 7.50. The summed E-state index contributed by atoms with van der Waals surface area (Å²) in [7, 11) is 0. The van der Waals surface area contributed by atoms with E-state index in [1.165, 1.54) is 12.8 Å². The number of hydrogen-bond acceptors (Lipinski definition) is 3. The van der Waals surface area contributed by atoms with E-state index in [2.05, 4.69) is 9.97 Å². The molecule has 1 aliphatic rings. The van der Waals surface area contributed by atoms with Crippen molar-refractivity contribution in [3.05, 3.63) is 17.6 Å². The third kappa shape index (κ3) is 1.18. The molecule has 2 rings (SSSR count). The van der Waals surface area contributed by atoms with Gasteiger partial charge in [-0.25, -0.2) is 4.98 Å². The second-order valence-corrected chi connectivity index (χ2v) is 3.04. The average molecular weight is 149 g/mol. The number of aryl methyl sites for hydroxylation is 1. The molecule has 0 saturated heterocycles. The lowest BCUT2D eigenvalue weighted by Crippen LogP contribution is -1.99. The summed E-state index contributed by atoms with van der Waals surface area (Å²) in [5, 5.41) is 0. The van der Waals surface area contributed by atoms with Gasteiger partial charge in [0.15, 0.2) is 0 Å². The van der Waals surface area contributed by atoms with Gasteiger partial charge in [-0.15, -0.1) is 0 Å². The second-order valence-electron chi connectivity index (χ2n) is 3.04. The summed E-state index contributed by atoms with van der Waals surface area (Å²) in [6.07, 6.45) is 4.32. The van der Waals surface area contributed by atoms with E-state index in [1.807, 2.05) is 6.92 Å². The Morgan fingerprint density at radius 1 is 1.55 bits per heavy atom. The van der Waals surface area contributed by atoms with Gasteiger partial charge in [0.05, 0.1) is 17.6 Å². The molecule has 3 nitrogen and oxygen atoms in total. The summed E-state index contributed by atoms with van der Waals surface area (Å²) in [4.78, 5) is 8.40. The molecule has 0 bridgehead atoms. The van der Waals surface area contributed by atoms with Crippen molar-refractivity contribution in [1.82, 2.24) is 9.97 Å². The maximum Gasteiger partial charge on any atom is 0.144 e. The monoisotopic (exact) mass is 149 g/mol. The van der Waals surface area contributed by atoms with Crippen LogP contribution in [0.2, 0.25) is 0 Å². The summed E-state index contributed by atoms with van der Waals surface area (Å²) >= 11 is 0. The number of nitrogens with zero attached hydrogens (tertiary/aromatic N) is 2. The molecule has 11 heavy (non-hydrogen) atoms. The van der Waals surface area contributed by atoms with Gasteiger partial charge in [0.1, 0.15) is 5.82 Å². The SMILES string of the molecule is Cc1nc(C2CC2)cnc1N. The number of nitrogen functional groups attached to an aromatic ring is 1. The molecule has 3 heteroatoms. The van der Waals surface area contributed by atoms with Gasteiger partial charge in [0, 0.05) is 5.92 Å². The normalized spacial score (nSPS) is 16.8. The molecule has 0 amide bonds. The minimum Gasteiger partial charge on any atom is -0.382 e. The zero-order valence-corrected chi connectivity index (χ0v) is 6.54. The number of aromatic nitrogens is 2. The molecule has 0 atom stereocenters. The minimum atomic E-state index is 0.550. The summed E-state index contributed by atoms with van der Waals surface area (Å²) < 4.78 is 0. The highest BCUT2D eigenvalue weighted by Crippen LogP contribution is 2.38. The van der Waals surface area contributed by atoms with Crippen LogP contribution in [0.3, 0.4) is 0 Å². The van der Waals surface area contributed by atoms with Gasteiger partial charge >= 0.3 is 0 Å². The molecule has 1 aromatic heterocycles. The third-order valence-electron chi connectivity index (χ3n) is 2.00. The standard InChI is InChI=1S/C8H11N3/c1-5-8(9)10-4-7(11-5)6-2-3-6/h4,6H,2-3H2,1H3,(H2,9,10). The Morgan fingerprint density at radius 3 is 2.82 bits per heavy atom. The highest BCUT2D eigenvalue weighted by molar-refractivity contribution is 5.33. The van der Waals surface area contributed by atoms with E-state index in [4.69, 9.17) is 5.73 Å². The van der Waals surface area contributed by atoms with Gasteiger partial charge in [-0.3, -0.25) is 4.98 Å². The van der Waals surface area contributed by atoms with Crippen LogP contribution in [-0.4, -0.2) is 9.97 Å². The van der Waals surface area contributed by atoms with Gasteiger partial charge in [0.2, 0.25) is 0 Å². The molecule has 1 aliphatic carbocycles. The second kappa shape index (κ2) is 2.19. The molecule has 2 N–H and O–H groups in total. The average Bonchev–Trinajstić information content (AvgIpc) is 2.77. The first kappa shape index (κ1) is 6.58. The van der Waals surface area contributed by atoms with Gasteiger partial charge in [-0.1, -0.05) is 0 Å². The highest BCUT2D eigenvalue weighted by atomic mass is 14.9. The molecule has 1 heterocycles. The zero-order chi connectivity index (χ0) is 7.84. The van der Waals surface area contributed by atoms with Crippen molar-refractivity contribution in [2.24, 2.45) is 0 Å². The Labute approximate surface area is 65.7 Å². The molecular weight excluding hydrogens is 138 g/mol. The van der Waals surface area contributed by atoms with Crippen LogP contribution in [0.15, 0.2) is 6.20 Å². The topological polar surface area (TPSA) is 51.8 Å². The molecular formula is C8H11N3. The van der Waals surface area contributed by atoms with Crippen LogP contribution in [0, 0.1) is 6.92 Å². The van der Waals surface area contributed by atoms with Crippen LogP contribution in [0.25, 0.3) is 0 Å². The van der Waals surface area contributed by atoms with Gasteiger partial charge < -0.3 is 5.73 Å². The first-order valence-electron chi connectivity index (χ1n) is 3.86. The maximum absolute atomic E-state index is 5.54. The van der Waals surface area contributed by atoms with Crippen molar-refractivity contribution in [3.8, 4) is 0 Å². The molecule has 0 radical (unpaired) electrons. The van der Waals surface area contributed by atoms with Crippen LogP contribution < -0.4 is 5.73 Å². The van der Waals surface area contributed by atoms with Crippen molar-refractivity contribution < 1.29 is 0 Å². The van der Waals surface area contributed by atoms with Gasteiger partial charge in [-0.2, -0.15) is 0 Å². The number of rotatable bonds is 1. The number of nitrogens with two attached hydrogens (primary N) is 1. The van der Waals surface area contributed by atoms with Crippen LogP contribution in [0.5, 0.6) is 0 Å². The van der Waals surface area contributed by atoms with Gasteiger partial charge in [-0.05, 0) is 19.8 Å². The van der Waals surface area contributed by atoms with E-state index in [1.54, 1.807) is 6.20 Å². The summed E-state index contributed by atoms with van der Waals surface area (Å²) in [5.74, 6) is 1.22. The first-order chi connectivity index (χ1) is 5.27. The Bertz CT molecular complexity index is 279. The Balaban J connectivity index is 2.36. The van der Waals surface area contributed by atoms with E-state index >= 15 is 0 Å². The van der Waals surface area contributed by atoms with Crippen molar-refractivity contribution in [3.63, 3.8) is 0 Å². The van der Waals surface area contributed by atoms with Crippen LogP contribution >= 0.6 is 0 Å². The van der Waals surface area contributed by atoms with Gasteiger partial charge in [0.25, 0.3) is 0 Å². The van der Waals surface area contributed by atoms with Crippen molar-refractivity contribution in [2.75, 3.05) is 5.73 Å². The lowest BCUT2D eigenvalue weighted by Gasteiger charge is -2.00. The fraction of sp³-hybridized carbons (Fsp3) is 0.500. The molecule has 1 aromatic rings. The predicted molar refractivity (Wildman–Crippen MR) is 43.2 cm³/mol. The summed E-state index contributed by atoms with van der Waals surface area (Å²) in [6, 6.07) is 0. The third-order valence-corrected chi connectivity index (χ3v) is 2.00. The van der Waals surface area contributed by atoms with Crippen LogP contribution in [-0.2, 0) is 0 Å². The van der Waals surface area contributed by atoms with Crippen LogP contribution in [0.1, 0.15) is 30.1 Å². The Kier molecular flexibility index (Phi) is 1.31. The van der Waals surface area contributed by atoms with Crippen molar-refractivity contribution in [1.29, 1.82) is 0 Å². The molecule has 0 spiro atoms. The molecule has 0 unspecified atom stereocenters. The van der Waals surface area contributed by atoms with E-state index in [0.29, 0.717) is 11.7 Å². The minimum absolute atomic E-state index is 0.550. The molecule has 0 aliphatic heterocycles. The molecule has 58 valence electrons. The van der Waals surface area contributed by atoms with Crippen molar-refractivity contribution in [2.45, 2.75) is 25.7 Å². The number of anilines is 1. The number of hydrogen-bond donors (Lipinski definition) is 1. The smallest absolute Gasteiger partial charge is 0.144 e. The Hall–Kier alpha value is -1.12. The summed E-state index contributed by atoms with van der Waals surface area (Å²) in [6.45, 7) is 1.90. The first-order valence-corrected chi connectivity index (χ1v) is 3.86. The quantitative estimate of drug-likeness (QED) is 0.653. The molecule has 1 saturated carbocycles. The fourth-order valence-corrected chi connectivity index (χ4v) is 1.08. The molecule has 1 fully saturated rings. The highest BCUT2D eigenvalue weighted by Gasteiger charge is 2.25. The Morgan fingerprint density at radius 2 is 2.27 bits per heavy atom. The van der Waals surface area contributed by atoms with E-state index in [0.717, 1.165) is 11.4 Å². The van der Waals surface area contributed by atoms with E-state index < -0.39 is 0 Å². The molecule has 0 aromatic carbocycles. The lowest BCUT2D eigenvalue weighted by atomic mass is 10.3. The lowest BCUT2D eigenvalue weighted by molar-refractivity contribution is 0.964. The largest absolute Gasteiger partial charge is 0.382 e. The van der Waals surface area contributed by atoms with Crippen molar-refractivity contribution >= 4 is 5.82 Å². The zero-order valence-electron chi connectivity index (χ0n) is 6.54. The maximum atomic E-state index is 5.54. The van der Waals surface area contributed by atoms with E-state index in [-0.39, 0.29) is 0 Å².